The van der Waals surface area contributed by atoms with Crippen molar-refractivity contribution in [2.75, 3.05) is 50.1 Å². The number of nitrogens with zero attached hydrogens (tertiary/aromatic N) is 2. The van der Waals surface area contributed by atoms with Crippen molar-refractivity contribution in [3.05, 3.63) is 54.1 Å². The largest absolute Gasteiger partial charge is 0.497 e. The van der Waals surface area contributed by atoms with Gasteiger partial charge in [0.2, 0.25) is 5.91 Å². The van der Waals surface area contributed by atoms with Crippen molar-refractivity contribution in [1.82, 2.24) is 4.90 Å². The smallest absolute Gasteiger partial charge is 0.238 e. The van der Waals surface area contributed by atoms with E-state index in [1.54, 1.807) is 7.11 Å². The van der Waals surface area contributed by atoms with Gasteiger partial charge in [-0.3, -0.25) is 9.69 Å². The maximum absolute atomic E-state index is 12.2. The van der Waals surface area contributed by atoms with Gasteiger partial charge in [0.25, 0.3) is 0 Å². The molecule has 3 rings (SSSR count). The van der Waals surface area contributed by atoms with Gasteiger partial charge in [-0.2, -0.15) is 0 Å². The predicted octanol–water partition coefficient (Wildman–Crippen LogP) is 2.76. The average Bonchev–Trinajstić information content (AvgIpc) is 2.64. The lowest BCUT2D eigenvalue weighted by Crippen LogP contribution is -2.48. The summed E-state index contributed by atoms with van der Waals surface area (Å²) in [6.07, 6.45) is 0. The Bertz CT molecular complexity index is 707. The Balaban J connectivity index is 1.48. The number of amides is 1. The number of rotatable bonds is 5. The summed E-state index contributed by atoms with van der Waals surface area (Å²) in [5.41, 5.74) is 3.21. The summed E-state index contributed by atoms with van der Waals surface area (Å²) in [5, 5.41) is 2.96. The second kappa shape index (κ2) is 8.03. The molecule has 0 radical (unpaired) electrons. The van der Waals surface area contributed by atoms with Crippen molar-refractivity contribution >= 4 is 17.3 Å². The van der Waals surface area contributed by atoms with Gasteiger partial charge in [-0.15, -0.1) is 0 Å². The Hall–Kier alpha value is -2.53. The number of ether oxygens (including phenoxy) is 1. The minimum atomic E-state index is 0.0404. The average molecular weight is 339 g/mol. The van der Waals surface area contributed by atoms with Gasteiger partial charge in [-0.05, 0) is 31.2 Å². The van der Waals surface area contributed by atoms with E-state index < -0.39 is 0 Å². The molecule has 0 spiro atoms. The molecule has 0 saturated carbocycles. The SMILES string of the molecule is COc1cccc(N2CCN(CC(=O)Nc3ccc(C)cc3)CC2)c1. The van der Waals surface area contributed by atoms with Crippen LogP contribution in [0.4, 0.5) is 11.4 Å². The molecule has 2 aromatic carbocycles. The van der Waals surface area contributed by atoms with Crippen molar-refractivity contribution in [2.24, 2.45) is 0 Å². The van der Waals surface area contributed by atoms with Gasteiger partial charge < -0.3 is 15.0 Å². The predicted molar refractivity (Wildman–Crippen MR) is 101 cm³/mol. The van der Waals surface area contributed by atoms with Crippen molar-refractivity contribution in [2.45, 2.75) is 6.92 Å². The fourth-order valence-corrected chi connectivity index (χ4v) is 3.01. The summed E-state index contributed by atoms with van der Waals surface area (Å²) in [4.78, 5) is 16.7. The fraction of sp³-hybridized carbons (Fsp3) is 0.350. The van der Waals surface area contributed by atoms with Crippen LogP contribution in [0.25, 0.3) is 0 Å². The van der Waals surface area contributed by atoms with Crippen LogP contribution < -0.4 is 15.0 Å². The van der Waals surface area contributed by atoms with Gasteiger partial charge >= 0.3 is 0 Å². The lowest BCUT2D eigenvalue weighted by molar-refractivity contribution is -0.117. The van der Waals surface area contributed by atoms with E-state index in [0.29, 0.717) is 6.54 Å². The molecule has 1 heterocycles. The van der Waals surface area contributed by atoms with Crippen LogP contribution in [0.3, 0.4) is 0 Å². The number of benzene rings is 2. The molecule has 2 aromatic rings. The highest BCUT2D eigenvalue weighted by atomic mass is 16.5. The molecule has 5 heteroatoms. The highest BCUT2D eigenvalue weighted by Gasteiger charge is 2.19. The number of piperazine rings is 1. The summed E-state index contributed by atoms with van der Waals surface area (Å²) in [6, 6.07) is 16.0. The summed E-state index contributed by atoms with van der Waals surface area (Å²) >= 11 is 0. The number of aryl methyl sites for hydroxylation is 1. The first-order valence-corrected chi connectivity index (χ1v) is 8.62. The summed E-state index contributed by atoms with van der Waals surface area (Å²) < 4.78 is 5.29. The molecule has 132 valence electrons. The van der Waals surface area contributed by atoms with Crippen molar-refractivity contribution < 1.29 is 9.53 Å². The number of methoxy groups -OCH3 is 1. The van der Waals surface area contributed by atoms with E-state index in [1.165, 1.54) is 11.3 Å². The third kappa shape index (κ3) is 4.73. The lowest BCUT2D eigenvalue weighted by Gasteiger charge is -2.35. The topological polar surface area (TPSA) is 44.8 Å². The van der Waals surface area contributed by atoms with Gasteiger partial charge in [-0.1, -0.05) is 23.8 Å². The second-order valence-corrected chi connectivity index (χ2v) is 6.38. The molecular formula is C20H25N3O2. The normalized spacial score (nSPS) is 15.0. The monoisotopic (exact) mass is 339 g/mol. The lowest BCUT2D eigenvalue weighted by atomic mass is 10.2. The number of hydrogen-bond acceptors (Lipinski definition) is 4. The molecule has 1 N–H and O–H groups in total. The van der Waals surface area contributed by atoms with Crippen LogP contribution in [0.1, 0.15) is 5.56 Å². The number of hydrogen-bond donors (Lipinski definition) is 1. The number of carbonyl (C=O) groups is 1. The number of carbonyl (C=O) groups excluding carboxylic acids is 1. The zero-order valence-corrected chi connectivity index (χ0v) is 14.9. The quantitative estimate of drug-likeness (QED) is 0.910. The van der Waals surface area contributed by atoms with Gasteiger partial charge in [0.15, 0.2) is 0 Å². The van der Waals surface area contributed by atoms with Crippen LogP contribution >= 0.6 is 0 Å². The molecule has 25 heavy (non-hydrogen) atoms. The maximum atomic E-state index is 12.2. The van der Waals surface area contributed by atoms with Crippen molar-refractivity contribution in [3.63, 3.8) is 0 Å². The van der Waals surface area contributed by atoms with E-state index in [2.05, 4.69) is 27.2 Å². The van der Waals surface area contributed by atoms with Crippen LogP contribution in [0.15, 0.2) is 48.5 Å². The highest BCUT2D eigenvalue weighted by Crippen LogP contribution is 2.22. The van der Waals surface area contributed by atoms with Crippen LogP contribution in [-0.4, -0.2) is 50.6 Å². The first-order valence-electron chi connectivity index (χ1n) is 8.62. The van der Waals surface area contributed by atoms with E-state index in [0.717, 1.165) is 37.6 Å². The highest BCUT2D eigenvalue weighted by molar-refractivity contribution is 5.92. The first-order chi connectivity index (χ1) is 12.1. The summed E-state index contributed by atoms with van der Waals surface area (Å²) in [6.45, 7) is 6.03. The minimum absolute atomic E-state index is 0.0404. The molecule has 1 saturated heterocycles. The van der Waals surface area contributed by atoms with Gasteiger partial charge in [0, 0.05) is 43.6 Å². The van der Waals surface area contributed by atoms with E-state index in [4.69, 9.17) is 4.74 Å². The van der Waals surface area contributed by atoms with Crippen molar-refractivity contribution in [3.8, 4) is 5.75 Å². The minimum Gasteiger partial charge on any atom is -0.497 e. The number of nitrogens with one attached hydrogen (secondary N) is 1. The van der Waals surface area contributed by atoms with Gasteiger partial charge in [0.1, 0.15) is 5.75 Å². The maximum Gasteiger partial charge on any atom is 0.238 e. The molecule has 5 nitrogen and oxygen atoms in total. The van der Waals surface area contributed by atoms with E-state index >= 15 is 0 Å². The number of anilines is 2. The Morgan fingerprint density at radius 2 is 1.80 bits per heavy atom. The third-order valence-electron chi connectivity index (χ3n) is 4.49. The molecule has 1 aliphatic heterocycles. The van der Waals surface area contributed by atoms with E-state index in [9.17, 15) is 4.79 Å². The standard InChI is InChI=1S/C20H25N3O2/c1-16-6-8-17(9-7-16)21-20(24)15-22-10-12-23(13-11-22)18-4-3-5-19(14-18)25-2/h3-9,14H,10-13,15H2,1-2H3,(H,21,24). The third-order valence-corrected chi connectivity index (χ3v) is 4.49. The zero-order chi connectivity index (χ0) is 17.6. The molecule has 1 amide bonds. The molecule has 0 aromatic heterocycles. The van der Waals surface area contributed by atoms with Crippen LogP contribution in [0.2, 0.25) is 0 Å². The Labute approximate surface area is 149 Å². The Morgan fingerprint density at radius 1 is 1.08 bits per heavy atom. The second-order valence-electron chi connectivity index (χ2n) is 6.38. The van der Waals surface area contributed by atoms with Crippen LogP contribution in [0, 0.1) is 6.92 Å². The molecule has 0 bridgehead atoms. The zero-order valence-electron chi connectivity index (χ0n) is 14.9. The molecule has 1 fully saturated rings. The fourth-order valence-electron chi connectivity index (χ4n) is 3.01. The van der Waals surface area contributed by atoms with Crippen LogP contribution in [-0.2, 0) is 4.79 Å². The van der Waals surface area contributed by atoms with E-state index in [1.807, 2.05) is 43.3 Å². The molecule has 0 aliphatic carbocycles. The molecular weight excluding hydrogens is 314 g/mol. The molecule has 0 atom stereocenters. The van der Waals surface area contributed by atoms with Gasteiger partial charge in [-0.25, -0.2) is 0 Å². The van der Waals surface area contributed by atoms with Crippen LogP contribution in [0.5, 0.6) is 5.75 Å². The Morgan fingerprint density at radius 3 is 2.48 bits per heavy atom. The molecule has 1 aliphatic rings. The summed E-state index contributed by atoms with van der Waals surface area (Å²) in [7, 11) is 1.68. The Kier molecular flexibility index (Phi) is 5.56. The van der Waals surface area contributed by atoms with Gasteiger partial charge in [0.05, 0.1) is 13.7 Å². The first kappa shape index (κ1) is 17.3. The van der Waals surface area contributed by atoms with Crippen molar-refractivity contribution in [1.29, 1.82) is 0 Å². The summed E-state index contributed by atoms with van der Waals surface area (Å²) in [5.74, 6) is 0.913. The molecule has 0 unspecified atom stereocenters. The van der Waals surface area contributed by atoms with E-state index in [-0.39, 0.29) is 5.91 Å².